The van der Waals surface area contributed by atoms with Gasteiger partial charge in [-0.25, -0.2) is 0 Å². The number of aromatic nitrogens is 2. The quantitative estimate of drug-likeness (QED) is 0.749. The van der Waals surface area contributed by atoms with Crippen molar-refractivity contribution in [2.45, 2.75) is 20.4 Å². The normalized spacial score (nSPS) is 10.8. The van der Waals surface area contributed by atoms with E-state index in [4.69, 9.17) is 12.2 Å². The van der Waals surface area contributed by atoms with E-state index in [1.807, 2.05) is 32.0 Å². The molecule has 4 heteroatoms. The van der Waals surface area contributed by atoms with Crippen LogP contribution in [-0.4, -0.2) is 9.55 Å². The lowest BCUT2D eigenvalue weighted by atomic mass is 10.2. The highest BCUT2D eigenvalue weighted by atomic mass is 32.1. The van der Waals surface area contributed by atoms with Gasteiger partial charge in [0.25, 0.3) is 5.56 Å². The van der Waals surface area contributed by atoms with Crippen molar-refractivity contribution < 1.29 is 0 Å². The van der Waals surface area contributed by atoms with Crippen LogP contribution in [0.25, 0.3) is 10.9 Å². The molecule has 0 bridgehead atoms. The van der Waals surface area contributed by atoms with E-state index < -0.39 is 0 Å². The van der Waals surface area contributed by atoms with Crippen LogP contribution in [0.1, 0.15) is 12.5 Å². The van der Waals surface area contributed by atoms with E-state index in [0.717, 1.165) is 11.1 Å². The lowest BCUT2D eigenvalue weighted by molar-refractivity contribution is 0.704. The second kappa shape index (κ2) is 3.62. The zero-order chi connectivity index (χ0) is 11.0. The minimum Gasteiger partial charge on any atom is -0.332 e. The second-order valence-electron chi connectivity index (χ2n) is 3.53. The highest BCUT2D eigenvalue weighted by Crippen LogP contribution is 2.09. The number of nitrogens with zero attached hydrogens (tertiary/aromatic N) is 1. The van der Waals surface area contributed by atoms with Crippen LogP contribution in [0, 0.1) is 11.7 Å². The van der Waals surface area contributed by atoms with Crippen LogP contribution in [0.3, 0.4) is 0 Å². The predicted octanol–water partition coefficient (Wildman–Crippen LogP) is 2.39. The van der Waals surface area contributed by atoms with Crippen LogP contribution < -0.4 is 5.56 Å². The van der Waals surface area contributed by atoms with Crippen molar-refractivity contribution in [3.05, 3.63) is 38.9 Å². The molecule has 2 aromatic rings. The monoisotopic (exact) mass is 220 g/mol. The summed E-state index contributed by atoms with van der Waals surface area (Å²) in [5.41, 5.74) is 1.91. The van der Waals surface area contributed by atoms with Crippen molar-refractivity contribution in [1.82, 2.24) is 9.55 Å². The minimum absolute atomic E-state index is 0.0174. The van der Waals surface area contributed by atoms with Gasteiger partial charge in [0, 0.05) is 6.54 Å². The molecule has 0 aliphatic rings. The van der Waals surface area contributed by atoms with E-state index in [2.05, 4.69) is 4.98 Å². The van der Waals surface area contributed by atoms with Crippen LogP contribution in [0.5, 0.6) is 0 Å². The molecular formula is C11H12N2OS. The molecule has 3 nitrogen and oxygen atoms in total. The Morgan fingerprint density at radius 3 is 2.87 bits per heavy atom. The molecule has 1 heterocycles. The van der Waals surface area contributed by atoms with Gasteiger partial charge in [-0.05, 0) is 43.8 Å². The van der Waals surface area contributed by atoms with Gasteiger partial charge in [-0.1, -0.05) is 6.07 Å². The van der Waals surface area contributed by atoms with Crippen LogP contribution in [0.2, 0.25) is 0 Å². The smallest absolute Gasteiger partial charge is 0.262 e. The molecule has 0 aliphatic heterocycles. The highest BCUT2D eigenvalue weighted by molar-refractivity contribution is 7.71. The number of aromatic amines is 1. The number of fused-ring (bicyclic) bond motifs is 1. The topological polar surface area (TPSA) is 37.8 Å². The van der Waals surface area contributed by atoms with Crippen molar-refractivity contribution in [2.24, 2.45) is 0 Å². The maximum absolute atomic E-state index is 12.0. The first-order valence-electron chi connectivity index (χ1n) is 4.87. The molecule has 2 rings (SSSR count). The minimum atomic E-state index is -0.0174. The summed E-state index contributed by atoms with van der Waals surface area (Å²) in [6.45, 7) is 4.49. The summed E-state index contributed by atoms with van der Waals surface area (Å²) in [6, 6.07) is 5.71. The van der Waals surface area contributed by atoms with Crippen LogP contribution in [0.15, 0.2) is 23.0 Å². The Balaban J connectivity index is 2.98. The van der Waals surface area contributed by atoms with Crippen LogP contribution >= 0.6 is 12.2 Å². The van der Waals surface area contributed by atoms with Gasteiger partial charge in [-0.15, -0.1) is 0 Å². The van der Waals surface area contributed by atoms with Gasteiger partial charge in [0.15, 0.2) is 4.77 Å². The Kier molecular flexibility index (Phi) is 2.44. The van der Waals surface area contributed by atoms with E-state index in [-0.39, 0.29) is 5.56 Å². The summed E-state index contributed by atoms with van der Waals surface area (Å²) >= 11 is 5.12. The first kappa shape index (κ1) is 10.1. The zero-order valence-electron chi connectivity index (χ0n) is 8.70. The van der Waals surface area contributed by atoms with Gasteiger partial charge in [-0.2, -0.15) is 0 Å². The van der Waals surface area contributed by atoms with Crippen molar-refractivity contribution in [3.63, 3.8) is 0 Å². The standard InChI is InChI=1S/C11H12N2OS/c1-3-13-10(14)8-5-4-7(2)6-9(8)12-11(13)15/h4-6H,3H2,1-2H3,(H,12,15). The molecule has 0 atom stereocenters. The first-order valence-corrected chi connectivity index (χ1v) is 5.28. The first-order chi connectivity index (χ1) is 7.13. The molecule has 0 fully saturated rings. The Bertz CT molecular complexity index is 625. The maximum atomic E-state index is 12.0. The second-order valence-corrected chi connectivity index (χ2v) is 3.92. The molecule has 0 saturated heterocycles. The molecule has 78 valence electrons. The van der Waals surface area contributed by atoms with Gasteiger partial charge < -0.3 is 4.98 Å². The van der Waals surface area contributed by atoms with E-state index in [9.17, 15) is 4.79 Å². The Labute approximate surface area is 92.4 Å². The largest absolute Gasteiger partial charge is 0.332 e. The number of hydrogen-bond donors (Lipinski definition) is 1. The average Bonchev–Trinajstić information content (AvgIpc) is 2.17. The molecule has 0 radical (unpaired) electrons. The van der Waals surface area contributed by atoms with E-state index >= 15 is 0 Å². The molecule has 0 spiro atoms. The van der Waals surface area contributed by atoms with E-state index in [1.54, 1.807) is 4.57 Å². The fourth-order valence-electron chi connectivity index (χ4n) is 1.66. The highest BCUT2D eigenvalue weighted by Gasteiger charge is 2.03. The Morgan fingerprint density at radius 1 is 1.47 bits per heavy atom. The lowest BCUT2D eigenvalue weighted by Crippen LogP contribution is -2.21. The lowest BCUT2D eigenvalue weighted by Gasteiger charge is -2.05. The van der Waals surface area contributed by atoms with Gasteiger partial charge in [-0.3, -0.25) is 9.36 Å². The average molecular weight is 220 g/mol. The number of aryl methyl sites for hydroxylation is 1. The third-order valence-corrected chi connectivity index (χ3v) is 2.78. The Hall–Kier alpha value is -1.42. The fourth-order valence-corrected chi connectivity index (χ4v) is 1.98. The van der Waals surface area contributed by atoms with Gasteiger partial charge in [0.2, 0.25) is 0 Å². The molecule has 0 saturated carbocycles. The molecule has 0 aliphatic carbocycles. The van der Waals surface area contributed by atoms with Crippen molar-refractivity contribution in [3.8, 4) is 0 Å². The summed E-state index contributed by atoms with van der Waals surface area (Å²) in [6.07, 6.45) is 0. The van der Waals surface area contributed by atoms with E-state index in [0.29, 0.717) is 16.7 Å². The molecular weight excluding hydrogens is 208 g/mol. The Morgan fingerprint density at radius 2 is 2.20 bits per heavy atom. The number of nitrogens with one attached hydrogen (secondary N) is 1. The number of H-pyrrole nitrogens is 1. The molecule has 1 N–H and O–H groups in total. The van der Waals surface area contributed by atoms with Gasteiger partial charge in [0.05, 0.1) is 10.9 Å². The van der Waals surface area contributed by atoms with Crippen LogP contribution in [-0.2, 0) is 6.54 Å². The maximum Gasteiger partial charge on any atom is 0.262 e. The van der Waals surface area contributed by atoms with Gasteiger partial charge >= 0.3 is 0 Å². The van der Waals surface area contributed by atoms with Crippen molar-refractivity contribution in [2.75, 3.05) is 0 Å². The molecule has 0 amide bonds. The summed E-state index contributed by atoms with van der Waals surface area (Å²) in [7, 11) is 0. The third kappa shape index (κ3) is 1.61. The number of rotatable bonds is 1. The zero-order valence-corrected chi connectivity index (χ0v) is 9.52. The third-order valence-electron chi connectivity index (χ3n) is 2.45. The summed E-state index contributed by atoms with van der Waals surface area (Å²) < 4.78 is 2.05. The SMILES string of the molecule is CCn1c(=S)[nH]c2cc(C)ccc2c1=O. The molecule has 0 unspecified atom stereocenters. The predicted molar refractivity (Wildman–Crippen MR) is 63.8 cm³/mol. The summed E-state index contributed by atoms with van der Waals surface area (Å²) in [5.74, 6) is 0. The van der Waals surface area contributed by atoms with E-state index in [1.165, 1.54) is 0 Å². The number of benzene rings is 1. The molecule has 1 aromatic carbocycles. The van der Waals surface area contributed by atoms with Crippen molar-refractivity contribution >= 4 is 23.1 Å². The van der Waals surface area contributed by atoms with Crippen molar-refractivity contribution in [1.29, 1.82) is 0 Å². The molecule has 1 aromatic heterocycles. The fraction of sp³-hybridized carbons (Fsp3) is 0.273. The summed E-state index contributed by atoms with van der Waals surface area (Å²) in [4.78, 5) is 15.0. The van der Waals surface area contributed by atoms with Gasteiger partial charge in [0.1, 0.15) is 0 Å². The summed E-state index contributed by atoms with van der Waals surface area (Å²) in [5, 5.41) is 0.691. The molecule has 15 heavy (non-hydrogen) atoms. The number of hydrogen-bond acceptors (Lipinski definition) is 2. The van der Waals surface area contributed by atoms with Crippen LogP contribution in [0.4, 0.5) is 0 Å².